The highest BCUT2D eigenvalue weighted by molar-refractivity contribution is 5.97. The van der Waals surface area contributed by atoms with Gasteiger partial charge in [-0.3, -0.25) is 14.4 Å². The first-order valence-corrected chi connectivity index (χ1v) is 7.67. The van der Waals surface area contributed by atoms with Gasteiger partial charge in [-0.2, -0.15) is 0 Å². The third kappa shape index (κ3) is 4.73. The Kier molecular flexibility index (Phi) is 6.15. The summed E-state index contributed by atoms with van der Waals surface area (Å²) >= 11 is 0. The first-order chi connectivity index (χ1) is 12.4. The van der Waals surface area contributed by atoms with Crippen molar-refractivity contribution in [2.45, 2.75) is 0 Å². The molecule has 0 radical (unpaired) electrons. The Morgan fingerprint density at radius 3 is 2.35 bits per heavy atom. The molecule has 0 heterocycles. The maximum absolute atomic E-state index is 12.0. The third-order valence-corrected chi connectivity index (χ3v) is 3.47. The van der Waals surface area contributed by atoms with Crippen LogP contribution in [-0.2, 0) is 4.79 Å². The fourth-order valence-electron chi connectivity index (χ4n) is 2.14. The number of carbonyl (C=O) groups excluding carboxylic acids is 3. The minimum absolute atomic E-state index is 0.147. The molecule has 0 bridgehead atoms. The van der Waals surface area contributed by atoms with Crippen molar-refractivity contribution in [3.05, 3.63) is 53.6 Å². The van der Waals surface area contributed by atoms with E-state index in [-0.39, 0.29) is 23.8 Å². The van der Waals surface area contributed by atoms with Crippen LogP contribution in [0.2, 0.25) is 0 Å². The van der Waals surface area contributed by atoms with E-state index >= 15 is 0 Å². The highest BCUT2D eigenvalue weighted by Crippen LogP contribution is 2.24. The summed E-state index contributed by atoms with van der Waals surface area (Å²) in [6, 6.07) is 10.9. The number of benzene rings is 2. The summed E-state index contributed by atoms with van der Waals surface area (Å²) in [4.78, 5) is 34.9. The molecule has 0 spiro atoms. The number of nitrogens with one attached hydrogen (secondary N) is 2. The molecule has 0 aliphatic heterocycles. The first kappa shape index (κ1) is 18.8. The van der Waals surface area contributed by atoms with E-state index in [4.69, 9.17) is 15.2 Å². The molecule has 2 aromatic carbocycles. The lowest BCUT2D eigenvalue weighted by atomic mass is 10.2. The Labute approximate surface area is 150 Å². The van der Waals surface area contributed by atoms with Gasteiger partial charge in [0.1, 0.15) is 11.5 Å². The number of rotatable bonds is 7. The van der Waals surface area contributed by atoms with Crippen LogP contribution >= 0.6 is 0 Å². The Morgan fingerprint density at radius 2 is 1.77 bits per heavy atom. The van der Waals surface area contributed by atoms with Crippen LogP contribution in [-0.4, -0.2) is 38.5 Å². The van der Waals surface area contributed by atoms with Gasteiger partial charge in [-0.1, -0.05) is 0 Å². The van der Waals surface area contributed by atoms with E-state index in [2.05, 4.69) is 10.6 Å². The van der Waals surface area contributed by atoms with Gasteiger partial charge < -0.3 is 25.8 Å². The molecule has 136 valence electrons. The number of methoxy groups -OCH3 is 1. The average Bonchev–Trinajstić information content (AvgIpc) is 2.65. The molecule has 0 aliphatic rings. The normalized spacial score (nSPS) is 9.92. The van der Waals surface area contributed by atoms with Gasteiger partial charge in [0.05, 0.1) is 12.7 Å². The predicted octanol–water partition coefficient (Wildman–Crippen LogP) is 1.17. The van der Waals surface area contributed by atoms with Crippen LogP contribution < -0.4 is 25.8 Å². The number of hydrogen-bond donors (Lipinski definition) is 3. The molecule has 0 saturated carbocycles. The minimum Gasteiger partial charge on any atom is -0.497 e. The monoisotopic (exact) mass is 357 g/mol. The molecule has 0 aliphatic carbocycles. The van der Waals surface area contributed by atoms with Crippen molar-refractivity contribution < 1.29 is 23.9 Å². The van der Waals surface area contributed by atoms with Crippen LogP contribution in [0.3, 0.4) is 0 Å². The van der Waals surface area contributed by atoms with Gasteiger partial charge in [-0.25, -0.2) is 0 Å². The zero-order valence-electron chi connectivity index (χ0n) is 14.4. The number of ether oxygens (including phenoxy) is 2. The van der Waals surface area contributed by atoms with Crippen LogP contribution in [0.5, 0.6) is 11.5 Å². The topological polar surface area (TPSA) is 120 Å². The predicted molar refractivity (Wildman–Crippen MR) is 95.5 cm³/mol. The van der Waals surface area contributed by atoms with Crippen LogP contribution in [0.25, 0.3) is 0 Å². The first-order valence-electron chi connectivity index (χ1n) is 7.67. The summed E-state index contributed by atoms with van der Waals surface area (Å²) in [5, 5.41) is 5.14. The van der Waals surface area contributed by atoms with Gasteiger partial charge in [0.15, 0.2) is 6.61 Å². The number of amides is 3. The molecule has 0 unspecified atom stereocenters. The summed E-state index contributed by atoms with van der Waals surface area (Å²) in [6.07, 6.45) is 0. The van der Waals surface area contributed by atoms with Gasteiger partial charge in [0.2, 0.25) is 0 Å². The number of primary amides is 1. The minimum atomic E-state index is -0.673. The Balaban J connectivity index is 2.00. The standard InChI is InChI=1S/C18H19N3O5/c1-20-18(24)11-3-5-12(6-4-11)21-16(22)10-26-15-9-13(25-2)7-8-14(15)17(19)23/h3-9H,10H2,1-2H3,(H2,19,23)(H,20,24)(H,21,22). The molecule has 0 fully saturated rings. The van der Waals surface area contributed by atoms with E-state index in [1.54, 1.807) is 30.3 Å². The maximum atomic E-state index is 12.0. The summed E-state index contributed by atoms with van der Waals surface area (Å²) in [6.45, 7) is -0.329. The summed E-state index contributed by atoms with van der Waals surface area (Å²) in [5.74, 6) is -0.704. The van der Waals surface area contributed by atoms with Gasteiger partial charge in [-0.15, -0.1) is 0 Å². The van der Waals surface area contributed by atoms with Crippen molar-refractivity contribution in [2.24, 2.45) is 5.73 Å². The number of carbonyl (C=O) groups is 3. The molecule has 4 N–H and O–H groups in total. The van der Waals surface area contributed by atoms with Gasteiger partial charge in [-0.05, 0) is 36.4 Å². The van der Waals surface area contributed by atoms with E-state index in [0.717, 1.165) is 0 Å². The van der Waals surface area contributed by atoms with Crippen molar-refractivity contribution in [1.82, 2.24) is 5.32 Å². The van der Waals surface area contributed by atoms with E-state index in [0.29, 0.717) is 17.0 Å². The molecule has 3 amide bonds. The van der Waals surface area contributed by atoms with Crippen molar-refractivity contribution >= 4 is 23.4 Å². The quantitative estimate of drug-likeness (QED) is 0.687. The highest BCUT2D eigenvalue weighted by Gasteiger charge is 2.13. The van der Waals surface area contributed by atoms with E-state index in [9.17, 15) is 14.4 Å². The van der Waals surface area contributed by atoms with Gasteiger partial charge in [0.25, 0.3) is 17.7 Å². The smallest absolute Gasteiger partial charge is 0.262 e. The van der Waals surface area contributed by atoms with Crippen molar-refractivity contribution in [3.63, 3.8) is 0 Å². The van der Waals surface area contributed by atoms with Gasteiger partial charge in [0, 0.05) is 24.4 Å². The second-order valence-corrected chi connectivity index (χ2v) is 5.22. The van der Waals surface area contributed by atoms with Crippen LogP contribution in [0, 0.1) is 0 Å². The number of nitrogens with two attached hydrogens (primary N) is 1. The molecule has 2 aromatic rings. The third-order valence-electron chi connectivity index (χ3n) is 3.47. The lowest BCUT2D eigenvalue weighted by molar-refractivity contribution is -0.118. The summed E-state index contributed by atoms with van der Waals surface area (Å²) in [5.41, 5.74) is 6.42. The Morgan fingerprint density at radius 1 is 1.08 bits per heavy atom. The van der Waals surface area contributed by atoms with Crippen molar-refractivity contribution in [2.75, 3.05) is 26.1 Å². The molecule has 0 saturated heterocycles. The van der Waals surface area contributed by atoms with E-state index in [1.807, 2.05) is 0 Å². The zero-order valence-corrected chi connectivity index (χ0v) is 14.4. The molecule has 26 heavy (non-hydrogen) atoms. The van der Waals surface area contributed by atoms with Crippen molar-refractivity contribution in [3.8, 4) is 11.5 Å². The average molecular weight is 357 g/mol. The van der Waals surface area contributed by atoms with E-state index < -0.39 is 11.8 Å². The fourth-order valence-corrected chi connectivity index (χ4v) is 2.14. The second-order valence-electron chi connectivity index (χ2n) is 5.22. The fraction of sp³-hybridized carbons (Fsp3) is 0.167. The number of hydrogen-bond acceptors (Lipinski definition) is 5. The molecule has 0 aromatic heterocycles. The lowest BCUT2D eigenvalue weighted by Crippen LogP contribution is -2.22. The molecule has 8 nitrogen and oxygen atoms in total. The van der Waals surface area contributed by atoms with Gasteiger partial charge >= 0.3 is 0 Å². The summed E-state index contributed by atoms with van der Waals surface area (Å²) < 4.78 is 10.5. The molecule has 8 heteroatoms. The number of anilines is 1. The Hall–Kier alpha value is -3.55. The maximum Gasteiger partial charge on any atom is 0.262 e. The Bertz CT molecular complexity index is 818. The second kappa shape index (κ2) is 8.52. The van der Waals surface area contributed by atoms with Crippen LogP contribution in [0.15, 0.2) is 42.5 Å². The van der Waals surface area contributed by atoms with Crippen LogP contribution in [0.4, 0.5) is 5.69 Å². The zero-order chi connectivity index (χ0) is 19.1. The summed E-state index contributed by atoms with van der Waals surface area (Å²) in [7, 11) is 3.01. The largest absolute Gasteiger partial charge is 0.497 e. The molecular weight excluding hydrogens is 338 g/mol. The molecule has 0 atom stereocenters. The highest BCUT2D eigenvalue weighted by atomic mass is 16.5. The van der Waals surface area contributed by atoms with E-state index in [1.165, 1.54) is 26.3 Å². The van der Waals surface area contributed by atoms with Crippen LogP contribution in [0.1, 0.15) is 20.7 Å². The van der Waals surface area contributed by atoms with Crippen molar-refractivity contribution in [1.29, 1.82) is 0 Å². The lowest BCUT2D eigenvalue weighted by Gasteiger charge is -2.11. The molecular formula is C18H19N3O5. The SMILES string of the molecule is CNC(=O)c1ccc(NC(=O)COc2cc(OC)ccc2C(N)=O)cc1. The molecule has 2 rings (SSSR count).